The number of fused-ring (bicyclic) bond motifs is 1. The molecule has 2 aromatic heterocycles. The monoisotopic (exact) mass is 377 g/mol. The highest BCUT2D eigenvalue weighted by molar-refractivity contribution is 5.92. The summed E-state index contributed by atoms with van der Waals surface area (Å²) in [4.78, 5) is 21.0. The van der Waals surface area contributed by atoms with Crippen molar-refractivity contribution in [2.75, 3.05) is 5.32 Å². The lowest BCUT2D eigenvalue weighted by Crippen LogP contribution is -2.29. The topological polar surface area (TPSA) is 54.9 Å². The third-order valence-electron chi connectivity index (χ3n) is 6.00. The van der Waals surface area contributed by atoms with Crippen LogP contribution in [0.1, 0.15) is 44.1 Å². The maximum Gasteiger partial charge on any atom is 0.227 e. The van der Waals surface area contributed by atoms with Gasteiger partial charge in [0.25, 0.3) is 0 Å². The average molecular weight is 377 g/mol. The summed E-state index contributed by atoms with van der Waals surface area (Å²) in [6, 6.07) is 10.5. The van der Waals surface area contributed by atoms with Crippen LogP contribution in [0.15, 0.2) is 55.0 Å². The third kappa shape index (κ3) is 3.88. The number of nitrogens with one attached hydrogen (secondary N) is 1. The molecule has 4 nitrogen and oxygen atoms in total. The van der Waals surface area contributed by atoms with E-state index in [4.69, 9.17) is 0 Å². The van der Waals surface area contributed by atoms with Gasteiger partial charge in [0.15, 0.2) is 0 Å². The second-order valence-electron chi connectivity index (χ2n) is 7.69. The Bertz CT molecular complexity index is 968. The summed E-state index contributed by atoms with van der Waals surface area (Å²) in [7, 11) is 0. The molecule has 1 amide bonds. The summed E-state index contributed by atoms with van der Waals surface area (Å²) in [6.07, 6.45) is 9.16. The van der Waals surface area contributed by atoms with Gasteiger partial charge in [0.2, 0.25) is 5.91 Å². The van der Waals surface area contributed by atoms with Gasteiger partial charge in [-0.05, 0) is 79.5 Å². The van der Waals surface area contributed by atoms with Gasteiger partial charge in [0.05, 0.1) is 17.4 Å². The number of carbonyl (C=O) groups excluding carboxylic acids is 1. The maximum atomic E-state index is 13.7. The maximum absolute atomic E-state index is 13.7. The van der Waals surface area contributed by atoms with E-state index in [9.17, 15) is 9.18 Å². The number of carbonyl (C=O) groups is 1. The highest BCUT2D eigenvalue weighted by atomic mass is 19.1. The van der Waals surface area contributed by atoms with Crippen LogP contribution in [0.3, 0.4) is 0 Å². The predicted molar refractivity (Wildman–Crippen MR) is 108 cm³/mol. The van der Waals surface area contributed by atoms with E-state index in [0.29, 0.717) is 11.8 Å². The van der Waals surface area contributed by atoms with E-state index in [1.807, 2.05) is 31.3 Å². The molecule has 0 unspecified atom stereocenters. The number of nitrogens with zero attached hydrogens (tertiary/aromatic N) is 2. The number of hydrogen-bond acceptors (Lipinski definition) is 3. The molecule has 0 radical (unpaired) electrons. The highest BCUT2D eigenvalue weighted by Crippen LogP contribution is 2.40. The molecule has 4 rings (SSSR count). The number of hydrogen-bond donors (Lipinski definition) is 1. The Balaban J connectivity index is 1.42. The van der Waals surface area contributed by atoms with Crippen LogP contribution in [0.2, 0.25) is 0 Å². The van der Waals surface area contributed by atoms with Crippen molar-refractivity contribution in [3.05, 3.63) is 66.4 Å². The highest BCUT2D eigenvalue weighted by Gasteiger charge is 2.30. The molecule has 0 spiro atoms. The van der Waals surface area contributed by atoms with Crippen molar-refractivity contribution in [1.82, 2.24) is 9.97 Å². The summed E-state index contributed by atoms with van der Waals surface area (Å²) >= 11 is 0. The Morgan fingerprint density at radius 3 is 2.71 bits per heavy atom. The largest absolute Gasteiger partial charge is 0.324 e. The van der Waals surface area contributed by atoms with Gasteiger partial charge < -0.3 is 5.32 Å². The molecule has 2 heterocycles. The SMILES string of the molecule is C[C@@H](C(=O)Nc1cccnc1)[C@H]1CC[C@@H](c2ccnc3ccc(F)cc32)CC1. The van der Waals surface area contributed by atoms with Crippen LogP contribution in [0.25, 0.3) is 10.9 Å². The fourth-order valence-electron chi connectivity index (χ4n) is 4.33. The molecular formula is C23H24FN3O. The molecule has 1 N–H and O–H groups in total. The lowest BCUT2D eigenvalue weighted by atomic mass is 9.73. The summed E-state index contributed by atoms with van der Waals surface area (Å²) < 4.78 is 13.7. The summed E-state index contributed by atoms with van der Waals surface area (Å²) in [6.45, 7) is 2.01. The van der Waals surface area contributed by atoms with Crippen molar-refractivity contribution in [3.8, 4) is 0 Å². The minimum atomic E-state index is -0.226. The number of rotatable bonds is 4. The second-order valence-corrected chi connectivity index (χ2v) is 7.69. The zero-order chi connectivity index (χ0) is 19.5. The number of aromatic nitrogens is 2. The van der Waals surface area contributed by atoms with Crippen LogP contribution in [-0.2, 0) is 4.79 Å². The molecule has 0 bridgehead atoms. The Labute approximate surface area is 164 Å². The molecule has 144 valence electrons. The lowest BCUT2D eigenvalue weighted by molar-refractivity contribution is -0.121. The number of pyridine rings is 2. The first-order chi connectivity index (χ1) is 13.6. The average Bonchev–Trinajstić information content (AvgIpc) is 2.73. The zero-order valence-electron chi connectivity index (χ0n) is 15.9. The fraction of sp³-hybridized carbons (Fsp3) is 0.348. The minimum absolute atomic E-state index is 0.0483. The van der Waals surface area contributed by atoms with Crippen LogP contribution >= 0.6 is 0 Å². The van der Waals surface area contributed by atoms with E-state index in [0.717, 1.165) is 42.3 Å². The van der Waals surface area contributed by atoms with E-state index in [1.165, 1.54) is 11.6 Å². The summed E-state index contributed by atoms with van der Waals surface area (Å²) in [5, 5.41) is 3.87. The smallest absolute Gasteiger partial charge is 0.227 e. The number of halogens is 1. The fourth-order valence-corrected chi connectivity index (χ4v) is 4.33. The van der Waals surface area contributed by atoms with E-state index >= 15 is 0 Å². The van der Waals surface area contributed by atoms with Crippen molar-refractivity contribution >= 4 is 22.5 Å². The van der Waals surface area contributed by atoms with Gasteiger partial charge >= 0.3 is 0 Å². The molecule has 1 atom stereocenters. The van der Waals surface area contributed by atoms with Gasteiger partial charge in [-0.25, -0.2) is 4.39 Å². The molecule has 1 aliphatic carbocycles. The number of amides is 1. The van der Waals surface area contributed by atoms with Crippen LogP contribution in [0, 0.1) is 17.7 Å². The van der Waals surface area contributed by atoms with Crippen LogP contribution in [-0.4, -0.2) is 15.9 Å². The molecule has 0 saturated heterocycles. The zero-order valence-corrected chi connectivity index (χ0v) is 15.9. The minimum Gasteiger partial charge on any atom is -0.324 e. The number of anilines is 1. The van der Waals surface area contributed by atoms with Crippen molar-refractivity contribution in [2.45, 2.75) is 38.5 Å². The third-order valence-corrected chi connectivity index (χ3v) is 6.00. The molecule has 1 fully saturated rings. The first-order valence-electron chi connectivity index (χ1n) is 9.87. The Hall–Kier alpha value is -2.82. The molecule has 0 aliphatic heterocycles. The van der Waals surface area contributed by atoms with Gasteiger partial charge in [0.1, 0.15) is 5.82 Å². The van der Waals surface area contributed by atoms with Crippen LogP contribution < -0.4 is 5.32 Å². The molecule has 1 aromatic carbocycles. The van der Waals surface area contributed by atoms with E-state index in [2.05, 4.69) is 15.3 Å². The standard InChI is InChI=1S/C23H24FN3O/c1-15(23(28)27-19-3-2-11-25-14-19)16-4-6-17(7-5-16)20-10-12-26-22-9-8-18(24)13-21(20)22/h2-3,8-17H,4-7H2,1H3,(H,27,28)/t15-,16-,17+/m1/s1. The van der Waals surface area contributed by atoms with Crippen molar-refractivity contribution in [2.24, 2.45) is 11.8 Å². The molecule has 28 heavy (non-hydrogen) atoms. The predicted octanol–water partition coefficient (Wildman–Crippen LogP) is 5.32. The normalized spacial score (nSPS) is 20.6. The van der Waals surface area contributed by atoms with Crippen molar-refractivity contribution in [1.29, 1.82) is 0 Å². The van der Waals surface area contributed by atoms with Crippen LogP contribution in [0.4, 0.5) is 10.1 Å². The second kappa shape index (κ2) is 8.05. The molecule has 5 heteroatoms. The summed E-state index contributed by atoms with van der Waals surface area (Å²) in [5.74, 6) is 0.520. The van der Waals surface area contributed by atoms with E-state index in [1.54, 1.807) is 24.5 Å². The van der Waals surface area contributed by atoms with Crippen molar-refractivity contribution in [3.63, 3.8) is 0 Å². The van der Waals surface area contributed by atoms with Crippen LogP contribution in [0.5, 0.6) is 0 Å². The van der Waals surface area contributed by atoms with Gasteiger partial charge in [-0.15, -0.1) is 0 Å². The molecule has 3 aromatic rings. The van der Waals surface area contributed by atoms with Crippen molar-refractivity contribution < 1.29 is 9.18 Å². The lowest BCUT2D eigenvalue weighted by Gasteiger charge is -2.32. The number of benzene rings is 1. The van der Waals surface area contributed by atoms with Gasteiger partial charge in [-0.1, -0.05) is 6.92 Å². The summed E-state index contributed by atoms with van der Waals surface area (Å²) in [5.41, 5.74) is 2.75. The van der Waals surface area contributed by atoms with E-state index < -0.39 is 0 Å². The van der Waals surface area contributed by atoms with Gasteiger partial charge in [-0.2, -0.15) is 0 Å². The molecule has 1 saturated carbocycles. The van der Waals surface area contributed by atoms with Gasteiger partial charge in [-0.3, -0.25) is 14.8 Å². The molecular weight excluding hydrogens is 353 g/mol. The Morgan fingerprint density at radius 2 is 1.96 bits per heavy atom. The Kier molecular flexibility index (Phi) is 5.33. The quantitative estimate of drug-likeness (QED) is 0.670. The first-order valence-corrected chi connectivity index (χ1v) is 9.87. The molecule has 1 aliphatic rings. The Morgan fingerprint density at radius 1 is 1.14 bits per heavy atom. The first kappa shape index (κ1) is 18.5. The van der Waals surface area contributed by atoms with Gasteiger partial charge in [0, 0.05) is 23.7 Å². The van der Waals surface area contributed by atoms with E-state index in [-0.39, 0.29) is 17.6 Å².